The van der Waals surface area contributed by atoms with Gasteiger partial charge in [0.25, 0.3) is 5.91 Å². The van der Waals surface area contributed by atoms with Gasteiger partial charge >= 0.3 is 0 Å². The summed E-state index contributed by atoms with van der Waals surface area (Å²) in [6.07, 6.45) is 0.984. The molecule has 0 bridgehead atoms. The second-order valence-electron chi connectivity index (χ2n) is 6.09. The molecule has 1 amide bonds. The predicted octanol–water partition coefficient (Wildman–Crippen LogP) is 4.86. The van der Waals surface area contributed by atoms with E-state index in [1.165, 1.54) is 5.56 Å². The maximum absolute atomic E-state index is 12.8. The molecule has 0 aliphatic rings. The predicted molar refractivity (Wildman–Crippen MR) is 105 cm³/mol. The monoisotopic (exact) mass is 345 g/mol. The average Bonchev–Trinajstić information content (AvgIpc) is 2.72. The second kappa shape index (κ2) is 8.86. The van der Waals surface area contributed by atoms with Crippen molar-refractivity contribution in [1.82, 2.24) is 0 Å². The molecule has 0 aliphatic carbocycles. The number of carbonyl (C=O) groups excluding carboxylic acids is 1. The first-order valence-electron chi connectivity index (χ1n) is 8.87. The lowest BCUT2D eigenvalue weighted by atomic mass is 10.2. The van der Waals surface area contributed by atoms with E-state index in [1.807, 2.05) is 84.9 Å². The molecule has 0 aromatic heterocycles. The highest BCUT2D eigenvalue weighted by Gasteiger charge is 2.16. The summed E-state index contributed by atoms with van der Waals surface area (Å²) in [6, 6.07) is 27.6. The molecule has 0 atom stereocenters. The number of aryl methyl sites for hydroxylation is 1. The zero-order valence-electron chi connectivity index (χ0n) is 15.0. The van der Waals surface area contributed by atoms with Gasteiger partial charge in [-0.15, -0.1) is 0 Å². The van der Waals surface area contributed by atoms with Crippen LogP contribution in [0.15, 0.2) is 84.9 Å². The van der Waals surface area contributed by atoms with Gasteiger partial charge in [0.15, 0.2) is 6.61 Å². The lowest BCUT2D eigenvalue weighted by Crippen LogP contribution is -2.34. The van der Waals surface area contributed by atoms with E-state index >= 15 is 0 Å². The summed E-state index contributed by atoms with van der Waals surface area (Å²) >= 11 is 0. The molecule has 0 unspecified atom stereocenters. The minimum absolute atomic E-state index is 0.00714. The number of para-hydroxylation sites is 1. The SMILES string of the molecule is CCc1ccc(OCC(=O)N(Cc2ccccc2)c2ccccc2)cc1. The number of carbonyl (C=O) groups is 1. The van der Waals surface area contributed by atoms with Crippen LogP contribution in [-0.2, 0) is 17.8 Å². The smallest absolute Gasteiger partial charge is 0.265 e. The Morgan fingerprint density at radius 1 is 0.808 bits per heavy atom. The van der Waals surface area contributed by atoms with Gasteiger partial charge in [0.1, 0.15) is 5.75 Å². The number of anilines is 1. The first-order valence-corrected chi connectivity index (χ1v) is 8.87. The van der Waals surface area contributed by atoms with E-state index < -0.39 is 0 Å². The highest BCUT2D eigenvalue weighted by molar-refractivity contribution is 5.94. The van der Waals surface area contributed by atoms with Gasteiger partial charge in [-0.05, 0) is 41.8 Å². The molecule has 3 aromatic rings. The Morgan fingerprint density at radius 3 is 2.04 bits per heavy atom. The summed E-state index contributed by atoms with van der Waals surface area (Å²) < 4.78 is 5.72. The van der Waals surface area contributed by atoms with E-state index in [0.717, 1.165) is 17.7 Å². The number of amides is 1. The molecular weight excluding hydrogens is 322 g/mol. The van der Waals surface area contributed by atoms with Crippen molar-refractivity contribution >= 4 is 11.6 Å². The van der Waals surface area contributed by atoms with Gasteiger partial charge in [0, 0.05) is 5.69 Å². The molecule has 132 valence electrons. The lowest BCUT2D eigenvalue weighted by molar-refractivity contribution is -0.120. The quantitative estimate of drug-likeness (QED) is 0.612. The van der Waals surface area contributed by atoms with Crippen LogP contribution in [-0.4, -0.2) is 12.5 Å². The van der Waals surface area contributed by atoms with Crippen molar-refractivity contribution in [2.75, 3.05) is 11.5 Å². The molecule has 0 aliphatic heterocycles. The summed E-state index contributed by atoms with van der Waals surface area (Å²) in [7, 11) is 0. The van der Waals surface area contributed by atoms with Crippen LogP contribution in [0.25, 0.3) is 0 Å². The van der Waals surface area contributed by atoms with Crippen molar-refractivity contribution in [2.24, 2.45) is 0 Å². The van der Waals surface area contributed by atoms with Gasteiger partial charge in [0.05, 0.1) is 6.54 Å². The highest BCUT2D eigenvalue weighted by atomic mass is 16.5. The summed E-state index contributed by atoms with van der Waals surface area (Å²) in [5.74, 6) is 0.642. The number of benzene rings is 3. The minimum atomic E-state index is -0.0698. The largest absolute Gasteiger partial charge is 0.484 e. The normalized spacial score (nSPS) is 10.3. The van der Waals surface area contributed by atoms with Crippen LogP contribution < -0.4 is 9.64 Å². The van der Waals surface area contributed by atoms with Gasteiger partial charge < -0.3 is 9.64 Å². The molecule has 3 aromatic carbocycles. The fourth-order valence-corrected chi connectivity index (χ4v) is 2.74. The van der Waals surface area contributed by atoms with E-state index in [2.05, 4.69) is 6.92 Å². The highest BCUT2D eigenvalue weighted by Crippen LogP contribution is 2.18. The molecule has 0 radical (unpaired) electrons. The van der Waals surface area contributed by atoms with Crippen molar-refractivity contribution in [3.05, 3.63) is 96.1 Å². The van der Waals surface area contributed by atoms with Gasteiger partial charge in [-0.1, -0.05) is 67.6 Å². The summed E-state index contributed by atoms with van der Waals surface area (Å²) in [6.45, 7) is 2.63. The standard InChI is InChI=1S/C23H23NO2/c1-2-19-13-15-22(16-14-19)26-18-23(25)24(21-11-7-4-8-12-21)17-20-9-5-3-6-10-20/h3-16H,2,17-18H2,1H3. The fraction of sp³-hybridized carbons (Fsp3) is 0.174. The van der Waals surface area contributed by atoms with Crippen LogP contribution in [0, 0.1) is 0 Å². The number of rotatable bonds is 7. The number of hydrogen-bond acceptors (Lipinski definition) is 2. The Morgan fingerprint density at radius 2 is 1.42 bits per heavy atom. The van der Waals surface area contributed by atoms with Gasteiger partial charge in [-0.2, -0.15) is 0 Å². The molecule has 0 fully saturated rings. The van der Waals surface area contributed by atoms with E-state index in [0.29, 0.717) is 12.3 Å². The Hall–Kier alpha value is -3.07. The molecule has 26 heavy (non-hydrogen) atoms. The topological polar surface area (TPSA) is 29.5 Å². The van der Waals surface area contributed by atoms with Crippen molar-refractivity contribution < 1.29 is 9.53 Å². The van der Waals surface area contributed by atoms with Crippen molar-refractivity contribution in [3.63, 3.8) is 0 Å². The van der Waals surface area contributed by atoms with Gasteiger partial charge in [-0.25, -0.2) is 0 Å². The van der Waals surface area contributed by atoms with Crippen LogP contribution in [0.3, 0.4) is 0 Å². The minimum Gasteiger partial charge on any atom is -0.484 e. The molecule has 3 heteroatoms. The fourth-order valence-electron chi connectivity index (χ4n) is 2.74. The van der Waals surface area contributed by atoms with Gasteiger partial charge in [-0.3, -0.25) is 4.79 Å². The summed E-state index contributed by atoms with van der Waals surface area (Å²) in [5, 5.41) is 0. The molecule has 0 N–H and O–H groups in total. The number of nitrogens with zero attached hydrogens (tertiary/aromatic N) is 1. The molecule has 3 nitrogen and oxygen atoms in total. The third-order valence-corrected chi connectivity index (χ3v) is 4.25. The average molecular weight is 345 g/mol. The van der Waals surface area contributed by atoms with E-state index in [-0.39, 0.29) is 12.5 Å². The Bertz CT molecular complexity index is 814. The third kappa shape index (κ3) is 4.73. The number of hydrogen-bond donors (Lipinski definition) is 0. The molecule has 0 saturated heterocycles. The van der Waals surface area contributed by atoms with Crippen LogP contribution >= 0.6 is 0 Å². The lowest BCUT2D eigenvalue weighted by Gasteiger charge is -2.23. The zero-order valence-corrected chi connectivity index (χ0v) is 15.0. The second-order valence-corrected chi connectivity index (χ2v) is 6.09. The first kappa shape index (κ1) is 17.7. The summed E-state index contributed by atoms with van der Waals surface area (Å²) in [5.41, 5.74) is 3.20. The van der Waals surface area contributed by atoms with Crippen LogP contribution in [0.2, 0.25) is 0 Å². The van der Waals surface area contributed by atoms with Gasteiger partial charge in [0.2, 0.25) is 0 Å². The molecular formula is C23H23NO2. The van der Waals surface area contributed by atoms with Crippen LogP contribution in [0.1, 0.15) is 18.1 Å². The van der Waals surface area contributed by atoms with Crippen LogP contribution in [0.5, 0.6) is 5.75 Å². The zero-order chi connectivity index (χ0) is 18.2. The summed E-state index contributed by atoms with van der Waals surface area (Å²) in [4.78, 5) is 14.6. The Kier molecular flexibility index (Phi) is 6.05. The van der Waals surface area contributed by atoms with Crippen molar-refractivity contribution in [2.45, 2.75) is 19.9 Å². The first-order chi connectivity index (χ1) is 12.8. The Balaban J connectivity index is 1.71. The van der Waals surface area contributed by atoms with E-state index in [4.69, 9.17) is 4.74 Å². The molecule has 3 rings (SSSR count). The van der Waals surface area contributed by atoms with E-state index in [9.17, 15) is 4.79 Å². The Labute approximate surface area is 154 Å². The van der Waals surface area contributed by atoms with Crippen molar-refractivity contribution in [1.29, 1.82) is 0 Å². The molecule has 0 spiro atoms. The van der Waals surface area contributed by atoms with Crippen molar-refractivity contribution in [3.8, 4) is 5.75 Å². The number of ether oxygens (including phenoxy) is 1. The maximum atomic E-state index is 12.8. The van der Waals surface area contributed by atoms with E-state index in [1.54, 1.807) is 4.90 Å². The molecule has 0 saturated carbocycles. The third-order valence-electron chi connectivity index (χ3n) is 4.25. The van der Waals surface area contributed by atoms with Crippen LogP contribution in [0.4, 0.5) is 5.69 Å². The maximum Gasteiger partial charge on any atom is 0.265 e. The molecule has 0 heterocycles.